The van der Waals surface area contributed by atoms with Crippen LogP contribution in [0.25, 0.3) is 0 Å². The molecule has 0 aromatic rings. The molecule has 1 rings (SSSR count). The van der Waals surface area contributed by atoms with Crippen molar-refractivity contribution >= 4 is 0 Å². The second-order valence-corrected chi connectivity index (χ2v) is 4.84. The number of nitrogens with two attached hydrogens (primary N) is 1. The summed E-state index contributed by atoms with van der Waals surface area (Å²) in [5, 5.41) is 0. The van der Waals surface area contributed by atoms with E-state index in [1.165, 1.54) is 12.8 Å². The molecule has 72 valence electrons. The zero-order valence-electron chi connectivity index (χ0n) is 8.47. The minimum absolute atomic E-state index is 0.214. The maximum Gasteiger partial charge on any atom is 0.0590 e. The molecule has 0 aromatic heterocycles. The van der Waals surface area contributed by atoms with Crippen molar-refractivity contribution in [3.05, 3.63) is 0 Å². The molecule has 0 aliphatic carbocycles. The number of hydrogen-bond acceptors (Lipinski definition) is 2. The van der Waals surface area contributed by atoms with Crippen LogP contribution in [-0.4, -0.2) is 18.8 Å². The molecule has 1 fully saturated rings. The average molecular weight is 171 g/mol. The van der Waals surface area contributed by atoms with Crippen LogP contribution < -0.4 is 5.73 Å². The highest BCUT2D eigenvalue weighted by molar-refractivity contribution is 4.81. The molecule has 2 nitrogen and oxygen atoms in total. The molecular weight excluding hydrogens is 150 g/mol. The summed E-state index contributed by atoms with van der Waals surface area (Å²) in [5.41, 5.74) is 6.26. The van der Waals surface area contributed by atoms with E-state index < -0.39 is 0 Å². The normalized spacial score (nSPS) is 27.5. The fraction of sp³-hybridized carbons (Fsp3) is 1.00. The smallest absolute Gasteiger partial charge is 0.0590 e. The van der Waals surface area contributed by atoms with Crippen molar-refractivity contribution in [2.75, 3.05) is 6.61 Å². The summed E-state index contributed by atoms with van der Waals surface area (Å²) >= 11 is 0. The van der Waals surface area contributed by atoms with Crippen LogP contribution in [0.5, 0.6) is 0 Å². The molecule has 2 atom stereocenters. The third-order valence-electron chi connectivity index (χ3n) is 2.65. The van der Waals surface area contributed by atoms with Crippen LogP contribution >= 0.6 is 0 Å². The zero-order chi connectivity index (χ0) is 9.19. The van der Waals surface area contributed by atoms with Crippen molar-refractivity contribution < 1.29 is 4.74 Å². The summed E-state index contributed by atoms with van der Waals surface area (Å²) in [6.07, 6.45) is 3.86. The lowest BCUT2D eigenvalue weighted by atomic mass is 9.84. The average Bonchev–Trinajstić information content (AvgIpc) is 2.37. The maximum absolute atomic E-state index is 6.05. The van der Waals surface area contributed by atoms with Gasteiger partial charge in [-0.15, -0.1) is 0 Å². The molecule has 0 saturated carbocycles. The first-order chi connectivity index (χ1) is 5.50. The van der Waals surface area contributed by atoms with Gasteiger partial charge in [-0.2, -0.15) is 0 Å². The molecule has 1 aliphatic rings. The Kier molecular flexibility index (Phi) is 3.13. The van der Waals surface area contributed by atoms with E-state index >= 15 is 0 Å². The Morgan fingerprint density at radius 2 is 2.17 bits per heavy atom. The Labute approximate surface area is 75.5 Å². The van der Waals surface area contributed by atoms with E-state index in [9.17, 15) is 0 Å². The first kappa shape index (κ1) is 10.0. The van der Waals surface area contributed by atoms with Gasteiger partial charge in [0.15, 0.2) is 0 Å². The summed E-state index contributed by atoms with van der Waals surface area (Å²) in [6.45, 7) is 7.49. The van der Waals surface area contributed by atoms with Gasteiger partial charge in [-0.1, -0.05) is 20.8 Å². The minimum Gasteiger partial charge on any atom is -0.378 e. The lowest BCUT2D eigenvalue weighted by Crippen LogP contribution is -2.37. The van der Waals surface area contributed by atoms with E-state index in [0.717, 1.165) is 13.0 Å². The lowest BCUT2D eigenvalue weighted by Gasteiger charge is -2.28. The van der Waals surface area contributed by atoms with Gasteiger partial charge in [-0.3, -0.25) is 0 Å². The Bertz CT molecular complexity index is 133. The molecule has 2 heteroatoms. The highest BCUT2D eigenvalue weighted by Gasteiger charge is 2.26. The Morgan fingerprint density at radius 3 is 2.58 bits per heavy atom. The number of ether oxygens (including phenoxy) is 1. The second kappa shape index (κ2) is 3.75. The van der Waals surface area contributed by atoms with Crippen LogP contribution in [0.4, 0.5) is 0 Å². The molecule has 0 radical (unpaired) electrons. The highest BCUT2D eigenvalue weighted by Crippen LogP contribution is 2.25. The van der Waals surface area contributed by atoms with Gasteiger partial charge in [-0.25, -0.2) is 0 Å². The molecule has 12 heavy (non-hydrogen) atoms. The van der Waals surface area contributed by atoms with Crippen molar-refractivity contribution in [1.82, 2.24) is 0 Å². The molecule has 1 aliphatic heterocycles. The SMILES string of the molecule is CC(C)(C)C(N)CC1CCCO1. The van der Waals surface area contributed by atoms with Gasteiger partial charge in [0.1, 0.15) is 0 Å². The standard InChI is InChI=1S/C10H21NO/c1-10(2,3)9(11)7-8-5-4-6-12-8/h8-9H,4-7,11H2,1-3H3. The highest BCUT2D eigenvalue weighted by atomic mass is 16.5. The summed E-state index contributed by atoms with van der Waals surface area (Å²) in [6, 6.07) is 0.264. The Balaban J connectivity index is 2.30. The second-order valence-electron chi connectivity index (χ2n) is 4.84. The topological polar surface area (TPSA) is 35.2 Å². The third kappa shape index (κ3) is 2.76. The predicted molar refractivity (Wildman–Crippen MR) is 51.0 cm³/mol. The molecule has 1 heterocycles. The first-order valence-corrected chi connectivity index (χ1v) is 4.87. The van der Waals surface area contributed by atoms with E-state index in [1.807, 2.05) is 0 Å². The fourth-order valence-electron chi connectivity index (χ4n) is 1.47. The first-order valence-electron chi connectivity index (χ1n) is 4.87. The van der Waals surface area contributed by atoms with Crippen LogP contribution in [0.2, 0.25) is 0 Å². The van der Waals surface area contributed by atoms with Crippen molar-refractivity contribution in [2.45, 2.75) is 52.2 Å². The summed E-state index contributed by atoms with van der Waals surface area (Å²) in [7, 11) is 0. The number of rotatable bonds is 2. The zero-order valence-corrected chi connectivity index (χ0v) is 8.47. The maximum atomic E-state index is 6.05. The lowest BCUT2D eigenvalue weighted by molar-refractivity contribution is 0.0855. The summed E-state index contributed by atoms with van der Waals surface area (Å²) in [5.74, 6) is 0. The van der Waals surface area contributed by atoms with Crippen molar-refractivity contribution in [2.24, 2.45) is 11.1 Å². The van der Waals surface area contributed by atoms with Crippen molar-refractivity contribution in [3.8, 4) is 0 Å². The quantitative estimate of drug-likeness (QED) is 0.689. The van der Waals surface area contributed by atoms with Crippen LogP contribution in [0.15, 0.2) is 0 Å². The van der Waals surface area contributed by atoms with Gasteiger partial charge in [0.25, 0.3) is 0 Å². The summed E-state index contributed by atoms with van der Waals surface area (Å²) < 4.78 is 5.54. The molecule has 0 spiro atoms. The van der Waals surface area contributed by atoms with E-state index in [1.54, 1.807) is 0 Å². The molecule has 0 bridgehead atoms. The Morgan fingerprint density at radius 1 is 1.50 bits per heavy atom. The molecule has 0 amide bonds. The molecule has 0 aromatic carbocycles. The van der Waals surface area contributed by atoms with Crippen LogP contribution in [0, 0.1) is 5.41 Å². The van der Waals surface area contributed by atoms with Gasteiger partial charge in [0.05, 0.1) is 6.10 Å². The van der Waals surface area contributed by atoms with Crippen LogP contribution in [-0.2, 0) is 4.74 Å². The third-order valence-corrected chi connectivity index (χ3v) is 2.65. The molecule has 2 N–H and O–H groups in total. The van der Waals surface area contributed by atoms with Crippen molar-refractivity contribution in [1.29, 1.82) is 0 Å². The van der Waals surface area contributed by atoms with Crippen LogP contribution in [0.1, 0.15) is 40.0 Å². The van der Waals surface area contributed by atoms with Gasteiger partial charge in [-0.05, 0) is 24.7 Å². The van der Waals surface area contributed by atoms with Gasteiger partial charge < -0.3 is 10.5 Å². The Hall–Kier alpha value is -0.0800. The number of hydrogen-bond donors (Lipinski definition) is 1. The largest absolute Gasteiger partial charge is 0.378 e. The summed E-state index contributed by atoms with van der Waals surface area (Å²) in [4.78, 5) is 0. The van der Waals surface area contributed by atoms with Crippen molar-refractivity contribution in [3.63, 3.8) is 0 Å². The fourth-order valence-corrected chi connectivity index (χ4v) is 1.47. The van der Waals surface area contributed by atoms with E-state index in [2.05, 4.69) is 20.8 Å². The molecule has 2 unspecified atom stereocenters. The minimum atomic E-state index is 0.214. The van der Waals surface area contributed by atoms with Gasteiger partial charge in [0, 0.05) is 12.6 Å². The van der Waals surface area contributed by atoms with E-state index in [4.69, 9.17) is 10.5 Å². The predicted octanol–water partition coefficient (Wildman–Crippen LogP) is 1.93. The van der Waals surface area contributed by atoms with E-state index in [-0.39, 0.29) is 11.5 Å². The molecular formula is C10H21NO. The van der Waals surface area contributed by atoms with Crippen LogP contribution in [0.3, 0.4) is 0 Å². The molecule has 1 saturated heterocycles. The monoisotopic (exact) mass is 171 g/mol. The van der Waals surface area contributed by atoms with E-state index in [0.29, 0.717) is 6.10 Å². The van der Waals surface area contributed by atoms with Gasteiger partial charge >= 0.3 is 0 Å². The van der Waals surface area contributed by atoms with Gasteiger partial charge in [0.2, 0.25) is 0 Å².